The predicted octanol–water partition coefficient (Wildman–Crippen LogP) is 2.74. The highest BCUT2D eigenvalue weighted by Gasteiger charge is 2.13. The Balaban J connectivity index is 1.97. The molecule has 5 heteroatoms. The second-order valence-electron chi connectivity index (χ2n) is 5.25. The molecule has 108 valence electrons. The van der Waals surface area contributed by atoms with E-state index in [-0.39, 0.29) is 0 Å². The number of benzene rings is 1. The number of hydrogen-bond acceptors (Lipinski definition) is 5. The molecule has 21 heavy (non-hydrogen) atoms. The lowest BCUT2D eigenvalue weighted by Crippen LogP contribution is -2.23. The van der Waals surface area contributed by atoms with Gasteiger partial charge in [0.2, 0.25) is 11.7 Å². The summed E-state index contributed by atoms with van der Waals surface area (Å²) in [5.74, 6) is 1.17. The summed E-state index contributed by atoms with van der Waals surface area (Å²) < 4.78 is 5.30. The summed E-state index contributed by atoms with van der Waals surface area (Å²) in [5, 5.41) is 8.34. The second kappa shape index (κ2) is 5.61. The molecule has 0 aliphatic heterocycles. The number of aromatic nitrogens is 3. The van der Waals surface area contributed by atoms with Crippen LogP contribution in [-0.2, 0) is 6.42 Å². The van der Waals surface area contributed by atoms with Gasteiger partial charge in [-0.25, -0.2) is 4.98 Å². The minimum atomic E-state index is 0.296. The third-order valence-electron chi connectivity index (χ3n) is 3.59. The van der Waals surface area contributed by atoms with Gasteiger partial charge in [0.05, 0.1) is 5.52 Å². The molecule has 0 aliphatic carbocycles. The lowest BCUT2D eigenvalue weighted by molar-refractivity contribution is 0.365. The summed E-state index contributed by atoms with van der Waals surface area (Å²) in [5.41, 5.74) is 2.85. The van der Waals surface area contributed by atoms with Crippen LogP contribution in [0.1, 0.15) is 18.4 Å². The van der Waals surface area contributed by atoms with Crippen LogP contribution >= 0.6 is 0 Å². The average molecular weight is 282 g/mol. The van der Waals surface area contributed by atoms with Gasteiger partial charge in [-0.3, -0.25) is 0 Å². The molecule has 0 amide bonds. The van der Waals surface area contributed by atoms with E-state index in [0.29, 0.717) is 24.2 Å². The molecular formula is C16H18N4O. The minimum absolute atomic E-state index is 0.296. The van der Waals surface area contributed by atoms with Gasteiger partial charge in [0, 0.05) is 17.8 Å². The number of aryl methyl sites for hydroxylation is 1. The van der Waals surface area contributed by atoms with Gasteiger partial charge in [0.25, 0.3) is 0 Å². The molecular weight excluding hydrogens is 264 g/mol. The number of pyridine rings is 1. The van der Waals surface area contributed by atoms with Crippen LogP contribution in [0.25, 0.3) is 22.4 Å². The highest BCUT2D eigenvalue weighted by molar-refractivity contribution is 5.84. The van der Waals surface area contributed by atoms with Crippen LogP contribution in [0.2, 0.25) is 0 Å². The topological polar surface area (TPSA) is 63.8 Å². The molecule has 1 atom stereocenters. The van der Waals surface area contributed by atoms with Crippen molar-refractivity contribution in [2.45, 2.75) is 26.3 Å². The number of nitrogens with one attached hydrogen (secondary N) is 1. The molecule has 1 N–H and O–H groups in total. The van der Waals surface area contributed by atoms with Crippen molar-refractivity contribution in [1.29, 1.82) is 0 Å². The second-order valence-corrected chi connectivity index (χ2v) is 5.25. The Hall–Kier alpha value is -2.27. The largest absolute Gasteiger partial charge is 0.339 e. The van der Waals surface area contributed by atoms with Crippen molar-refractivity contribution >= 4 is 10.9 Å². The summed E-state index contributed by atoms with van der Waals surface area (Å²) in [6.07, 6.45) is 0.704. The Morgan fingerprint density at radius 1 is 1.24 bits per heavy atom. The minimum Gasteiger partial charge on any atom is -0.339 e. The van der Waals surface area contributed by atoms with E-state index in [1.807, 2.05) is 31.3 Å². The summed E-state index contributed by atoms with van der Waals surface area (Å²) in [6, 6.07) is 10.4. The maximum Gasteiger partial charge on any atom is 0.228 e. The molecule has 5 nitrogen and oxygen atoms in total. The number of fused-ring (bicyclic) bond motifs is 1. The zero-order valence-corrected chi connectivity index (χ0v) is 12.4. The number of rotatable bonds is 4. The Morgan fingerprint density at radius 2 is 2.05 bits per heavy atom. The first-order chi connectivity index (χ1) is 10.2. The first-order valence-corrected chi connectivity index (χ1v) is 7.04. The Bertz CT molecular complexity index is 766. The molecule has 3 rings (SSSR count). The first-order valence-electron chi connectivity index (χ1n) is 7.04. The van der Waals surface area contributed by atoms with Crippen molar-refractivity contribution in [3.8, 4) is 11.5 Å². The Labute approximate surface area is 123 Å². The SMILES string of the molecule is CNC(C)Cc1nc(-c2cc(C)c3ccccc3n2)no1. The van der Waals surface area contributed by atoms with Crippen LogP contribution < -0.4 is 5.32 Å². The standard InChI is InChI=1S/C16H18N4O/c1-10-8-14(18-13-7-5-4-6-12(10)13)16-19-15(21-20-16)9-11(2)17-3/h4-8,11,17H,9H2,1-3H3. The average Bonchev–Trinajstić information content (AvgIpc) is 2.95. The van der Waals surface area contributed by atoms with Crippen LogP contribution in [0.5, 0.6) is 0 Å². The van der Waals surface area contributed by atoms with Crippen LogP contribution in [-0.4, -0.2) is 28.2 Å². The molecule has 0 fully saturated rings. The normalized spacial score (nSPS) is 12.7. The zero-order chi connectivity index (χ0) is 14.8. The molecule has 2 heterocycles. The van der Waals surface area contributed by atoms with E-state index in [1.165, 1.54) is 0 Å². The van der Waals surface area contributed by atoms with E-state index < -0.39 is 0 Å². The summed E-state index contributed by atoms with van der Waals surface area (Å²) >= 11 is 0. The molecule has 0 aliphatic rings. The smallest absolute Gasteiger partial charge is 0.228 e. The predicted molar refractivity (Wildman–Crippen MR) is 82.0 cm³/mol. The van der Waals surface area contributed by atoms with Crippen LogP contribution in [0, 0.1) is 6.92 Å². The molecule has 3 aromatic rings. The lowest BCUT2D eigenvalue weighted by Gasteiger charge is -2.04. The van der Waals surface area contributed by atoms with Crippen LogP contribution in [0.3, 0.4) is 0 Å². The van der Waals surface area contributed by atoms with Gasteiger partial charge in [-0.05, 0) is 38.6 Å². The van der Waals surface area contributed by atoms with E-state index in [2.05, 4.69) is 40.4 Å². The van der Waals surface area contributed by atoms with Gasteiger partial charge >= 0.3 is 0 Å². The molecule has 0 spiro atoms. The summed E-state index contributed by atoms with van der Waals surface area (Å²) in [6.45, 7) is 4.14. The quantitative estimate of drug-likeness (QED) is 0.797. The number of nitrogens with zero attached hydrogens (tertiary/aromatic N) is 3. The highest BCUT2D eigenvalue weighted by Crippen LogP contribution is 2.22. The molecule has 2 aromatic heterocycles. The fourth-order valence-corrected chi connectivity index (χ4v) is 2.27. The zero-order valence-electron chi connectivity index (χ0n) is 12.4. The molecule has 0 saturated carbocycles. The van der Waals surface area contributed by atoms with E-state index in [0.717, 1.165) is 22.2 Å². The maximum absolute atomic E-state index is 5.30. The van der Waals surface area contributed by atoms with Crippen LogP contribution in [0.15, 0.2) is 34.9 Å². The fraction of sp³-hybridized carbons (Fsp3) is 0.312. The van der Waals surface area contributed by atoms with E-state index >= 15 is 0 Å². The molecule has 0 radical (unpaired) electrons. The van der Waals surface area contributed by atoms with Gasteiger partial charge in [-0.1, -0.05) is 23.4 Å². The van der Waals surface area contributed by atoms with Crippen LogP contribution in [0.4, 0.5) is 0 Å². The summed E-state index contributed by atoms with van der Waals surface area (Å²) in [7, 11) is 1.91. The van der Waals surface area contributed by atoms with Crippen molar-refractivity contribution in [3.05, 3.63) is 41.8 Å². The van der Waals surface area contributed by atoms with Gasteiger partial charge in [-0.2, -0.15) is 4.98 Å². The number of likely N-dealkylation sites (N-methyl/N-ethyl adjacent to an activating group) is 1. The van der Waals surface area contributed by atoms with Crippen molar-refractivity contribution in [1.82, 2.24) is 20.4 Å². The highest BCUT2D eigenvalue weighted by atomic mass is 16.5. The first kappa shape index (κ1) is 13.7. The Morgan fingerprint density at radius 3 is 2.86 bits per heavy atom. The molecule has 1 unspecified atom stereocenters. The van der Waals surface area contributed by atoms with E-state index in [4.69, 9.17) is 4.52 Å². The third-order valence-corrected chi connectivity index (χ3v) is 3.59. The molecule has 1 aromatic carbocycles. The van der Waals surface area contributed by atoms with Crippen molar-refractivity contribution in [2.75, 3.05) is 7.05 Å². The maximum atomic E-state index is 5.30. The molecule has 0 saturated heterocycles. The van der Waals surface area contributed by atoms with E-state index in [9.17, 15) is 0 Å². The van der Waals surface area contributed by atoms with Gasteiger partial charge in [0.1, 0.15) is 5.69 Å². The van der Waals surface area contributed by atoms with Gasteiger partial charge in [-0.15, -0.1) is 0 Å². The fourth-order valence-electron chi connectivity index (χ4n) is 2.27. The van der Waals surface area contributed by atoms with Crippen molar-refractivity contribution in [3.63, 3.8) is 0 Å². The Kier molecular flexibility index (Phi) is 3.66. The van der Waals surface area contributed by atoms with Gasteiger partial charge in [0.15, 0.2) is 0 Å². The van der Waals surface area contributed by atoms with Gasteiger partial charge < -0.3 is 9.84 Å². The monoisotopic (exact) mass is 282 g/mol. The van der Waals surface area contributed by atoms with E-state index in [1.54, 1.807) is 0 Å². The molecule has 0 bridgehead atoms. The third kappa shape index (κ3) is 2.78. The van der Waals surface area contributed by atoms with Crippen molar-refractivity contribution in [2.24, 2.45) is 0 Å². The van der Waals surface area contributed by atoms with Crippen molar-refractivity contribution < 1.29 is 4.52 Å². The number of para-hydroxylation sites is 1. The summed E-state index contributed by atoms with van der Waals surface area (Å²) in [4.78, 5) is 9.05. The number of hydrogen-bond donors (Lipinski definition) is 1. The lowest BCUT2D eigenvalue weighted by atomic mass is 10.1.